The van der Waals surface area contributed by atoms with Gasteiger partial charge in [0.2, 0.25) is 0 Å². The summed E-state index contributed by atoms with van der Waals surface area (Å²) in [6, 6.07) is 0.370. The van der Waals surface area contributed by atoms with Gasteiger partial charge in [-0.25, -0.2) is 8.78 Å². The van der Waals surface area contributed by atoms with Crippen LogP contribution < -0.4 is 0 Å². The summed E-state index contributed by atoms with van der Waals surface area (Å²) in [5.74, 6) is -0.349. The second kappa shape index (κ2) is 4.30. The summed E-state index contributed by atoms with van der Waals surface area (Å²) < 4.78 is 61.1. The lowest BCUT2D eigenvalue weighted by Gasteiger charge is -2.10. The molecule has 0 radical (unpaired) electrons. The molecular weight excluding hydrogens is 241 g/mol. The lowest BCUT2D eigenvalue weighted by Crippen LogP contribution is -2.08. The van der Waals surface area contributed by atoms with Crippen molar-refractivity contribution in [2.75, 3.05) is 0 Å². The van der Waals surface area contributed by atoms with Crippen LogP contribution in [0.4, 0.5) is 22.0 Å². The van der Waals surface area contributed by atoms with Crippen LogP contribution in [0.3, 0.4) is 0 Å². The van der Waals surface area contributed by atoms with Gasteiger partial charge in [0.05, 0.1) is 17.1 Å². The van der Waals surface area contributed by atoms with E-state index in [9.17, 15) is 22.0 Å². The zero-order valence-corrected chi connectivity index (χ0v) is 7.91. The van der Waals surface area contributed by atoms with Crippen LogP contribution in [0.25, 0.3) is 0 Å². The van der Waals surface area contributed by atoms with Crippen LogP contribution in [0.1, 0.15) is 23.2 Å². The quantitative estimate of drug-likeness (QED) is 0.571. The molecule has 1 aromatic rings. The van der Waals surface area contributed by atoms with Crippen molar-refractivity contribution >= 4 is 11.6 Å². The van der Waals surface area contributed by atoms with Crippen LogP contribution in [0.15, 0.2) is 12.3 Å². The average Bonchev–Trinajstić information content (AvgIpc) is 2.15. The van der Waals surface area contributed by atoms with Crippen molar-refractivity contribution < 1.29 is 22.0 Å². The monoisotopic (exact) mass is 245 g/mol. The Balaban J connectivity index is 3.22. The van der Waals surface area contributed by atoms with E-state index in [1.807, 2.05) is 0 Å². The van der Waals surface area contributed by atoms with Gasteiger partial charge >= 0.3 is 6.18 Å². The first-order valence-electron chi connectivity index (χ1n) is 3.76. The fourth-order valence-corrected chi connectivity index (χ4v) is 1.19. The van der Waals surface area contributed by atoms with E-state index in [-0.39, 0.29) is 11.6 Å². The van der Waals surface area contributed by atoms with Crippen LogP contribution >= 0.6 is 11.6 Å². The predicted octanol–water partition coefficient (Wildman–Crippen LogP) is 3.78. The molecule has 0 aromatic carbocycles. The predicted molar refractivity (Wildman–Crippen MR) is 43.8 cm³/mol. The minimum Gasteiger partial charge on any atom is -0.259 e. The summed E-state index contributed by atoms with van der Waals surface area (Å²) >= 11 is 5.27. The Bertz CT molecular complexity index is 349. The molecule has 1 nitrogen and oxygen atoms in total. The smallest absolute Gasteiger partial charge is 0.259 e. The Morgan fingerprint density at radius 2 is 1.93 bits per heavy atom. The second-order valence-corrected chi connectivity index (χ2v) is 2.96. The maximum atomic E-state index is 12.3. The first-order chi connectivity index (χ1) is 6.86. The Kier molecular flexibility index (Phi) is 3.49. The molecule has 0 atom stereocenters. The van der Waals surface area contributed by atoms with Crippen LogP contribution in [0.5, 0.6) is 0 Å². The topological polar surface area (TPSA) is 12.9 Å². The first-order valence-corrected chi connectivity index (χ1v) is 4.30. The van der Waals surface area contributed by atoms with Crippen molar-refractivity contribution in [1.82, 2.24) is 4.98 Å². The van der Waals surface area contributed by atoms with Gasteiger partial charge in [-0.05, 0) is 6.07 Å². The van der Waals surface area contributed by atoms with E-state index in [2.05, 4.69) is 4.98 Å². The SMILES string of the molecule is FC(F)c1cc(C(F)(F)F)cnc1CCl. The fourth-order valence-electron chi connectivity index (χ4n) is 0.966. The van der Waals surface area contributed by atoms with Crippen molar-refractivity contribution in [3.05, 3.63) is 29.1 Å². The molecule has 0 fully saturated rings. The van der Waals surface area contributed by atoms with Crippen molar-refractivity contribution in [3.8, 4) is 0 Å². The minimum absolute atomic E-state index is 0.236. The van der Waals surface area contributed by atoms with Crippen molar-refractivity contribution in [3.63, 3.8) is 0 Å². The molecule has 0 saturated heterocycles. The molecule has 84 valence electrons. The van der Waals surface area contributed by atoms with Gasteiger partial charge in [-0.3, -0.25) is 4.98 Å². The van der Waals surface area contributed by atoms with Crippen molar-refractivity contribution in [1.29, 1.82) is 0 Å². The van der Waals surface area contributed by atoms with Gasteiger partial charge in [0.1, 0.15) is 0 Å². The third-order valence-corrected chi connectivity index (χ3v) is 1.95. The van der Waals surface area contributed by atoms with Gasteiger partial charge < -0.3 is 0 Å². The van der Waals surface area contributed by atoms with E-state index in [1.165, 1.54) is 0 Å². The molecule has 0 aliphatic carbocycles. The fraction of sp³-hybridized carbons (Fsp3) is 0.375. The summed E-state index contributed by atoms with van der Waals surface area (Å²) in [6.45, 7) is 0. The molecule has 7 heteroatoms. The molecular formula is C8H5ClF5N. The van der Waals surface area contributed by atoms with E-state index in [0.29, 0.717) is 12.3 Å². The normalized spacial score (nSPS) is 12.2. The number of hydrogen-bond acceptors (Lipinski definition) is 1. The molecule has 0 N–H and O–H groups in total. The lowest BCUT2D eigenvalue weighted by molar-refractivity contribution is -0.138. The molecule has 1 rings (SSSR count). The highest BCUT2D eigenvalue weighted by Gasteiger charge is 2.32. The molecule has 0 aliphatic rings. The largest absolute Gasteiger partial charge is 0.417 e. The zero-order chi connectivity index (χ0) is 11.6. The maximum Gasteiger partial charge on any atom is 0.417 e. The third-order valence-electron chi connectivity index (χ3n) is 1.69. The van der Waals surface area contributed by atoms with Gasteiger partial charge in [-0.2, -0.15) is 13.2 Å². The number of pyridine rings is 1. The van der Waals surface area contributed by atoms with Crippen LogP contribution in [0, 0.1) is 0 Å². The summed E-state index contributed by atoms with van der Waals surface area (Å²) in [5, 5.41) is 0. The van der Waals surface area contributed by atoms with E-state index in [0.717, 1.165) is 0 Å². The summed E-state index contributed by atoms with van der Waals surface area (Å²) in [4.78, 5) is 3.25. The Hall–Kier alpha value is -0.910. The number of hydrogen-bond donors (Lipinski definition) is 0. The molecule has 0 aliphatic heterocycles. The Morgan fingerprint density at radius 1 is 1.33 bits per heavy atom. The molecule has 1 aromatic heterocycles. The number of alkyl halides is 6. The minimum atomic E-state index is -4.68. The Labute approximate surface area is 86.9 Å². The highest BCUT2D eigenvalue weighted by atomic mass is 35.5. The van der Waals surface area contributed by atoms with Crippen LogP contribution in [-0.2, 0) is 12.1 Å². The van der Waals surface area contributed by atoms with Gasteiger partial charge in [0.15, 0.2) is 0 Å². The molecule has 0 bridgehead atoms. The summed E-state index contributed by atoms with van der Waals surface area (Å²) in [5.41, 5.74) is -2.22. The first kappa shape index (κ1) is 12.2. The highest BCUT2D eigenvalue weighted by Crippen LogP contribution is 2.32. The summed E-state index contributed by atoms with van der Waals surface area (Å²) in [6.07, 6.45) is -7.21. The molecule has 1 heterocycles. The van der Waals surface area contributed by atoms with E-state index >= 15 is 0 Å². The van der Waals surface area contributed by atoms with Gasteiger partial charge in [-0.15, -0.1) is 11.6 Å². The van der Waals surface area contributed by atoms with E-state index < -0.39 is 23.7 Å². The highest BCUT2D eigenvalue weighted by molar-refractivity contribution is 6.17. The molecule has 0 saturated carbocycles. The Morgan fingerprint density at radius 3 is 2.33 bits per heavy atom. The lowest BCUT2D eigenvalue weighted by atomic mass is 10.1. The molecule has 15 heavy (non-hydrogen) atoms. The molecule has 0 amide bonds. The summed E-state index contributed by atoms with van der Waals surface area (Å²) in [7, 11) is 0. The van der Waals surface area contributed by atoms with Gasteiger partial charge in [-0.1, -0.05) is 0 Å². The zero-order valence-electron chi connectivity index (χ0n) is 7.15. The number of aromatic nitrogens is 1. The van der Waals surface area contributed by atoms with Gasteiger partial charge in [0, 0.05) is 11.8 Å². The van der Waals surface area contributed by atoms with Crippen molar-refractivity contribution in [2.45, 2.75) is 18.5 Å². The molecule has 0 unspecified atom stereocenters. The van der Waals surface area contributed by atoms with E-state index in [4.69, 9.17) is 11.6 Å². The number of rotatable bonds is 2. The van der Waals surface area contributed by atoms with E-state index in [1.54, 1.807) is 0 Å². The number of nitrogens with zero attached hydrogens (tertiary/aromatic N) is 1. The second-order valence-electron chi connectivity index (χ2n) is 2.69. The maximum absolute atomic E-state index is 12.3. The third kappa shape index (κ3) is 2.77. The van der Waals surface area contributed by atoms with Crippen LogP contribution in [0.2, 0.25) is 0 Å². The van der Waals surface area contributed by atoms with Crippen LogP contribution in [-0.4, -0.2) is 4.98 Å². The van der Waals surface area contributed by atoms with Gasteiger partial charge in [0.25, 0.3) is 6.43 Å². The average molecular weight is 246 g/mol. The molecule has 0 spiro atoms. The number of halogens is 6. The van der Waals surface area contributed by atoms with Crippen molar-refractivity contribution in [2.24, 2.45) is 0 Å². The standard InChI is InChI=1S/C8H5ClF5N/c9-2-6-5(7(10)11)1-4(3-15-6)8(12,13)14/h1,3,7H,2H2.